The molecule has 0 aromatic heterocycles. The lowest BCUT2D eigenvalue weighted by Crippen LogP contribution is -2.36. The van der Waals surface area contributed by atoms with Crippen LogP contribution in [-0.4, -0.2) is 36.7 Å². The molecule has 3 aromatic rings. The first kappa shape index (κ1) is 29.7. The highest BCUT2D eigenvalue weighted by Gasteiger charge is 2.42. The number of esters is 1. The fraction of sp³-hybridized carbons (Fsp3) is 0.273. The molecule has 42 heavy (non-hydrogen) atoms. The van der Waals surface area contributed by atoms with Crippen molar-refractivity contribution in [2.75, 3.05) is 19.8 Å². The number of hydrogen-bond donors (Lipinski definition) is 2. The van der Waals surface area contributed by atoms with Crippen LogP contribution in [0.25, 0.3) is 0 Å². The van der Waals surface area contributed by atoms with Crippen LogP contribution >= 0.6 is 27.5 Å². The van der Waals surface area contributed by atoms with Crippen LogP contribution in [0.3, 0.4) is 0 Å². The van der Waals surface area contributed by atoms with Gasteiger partial charge in [-0.2, -0.15) is 0 Å². The summed E-state index contributed by atoms with van der Waals surface area (Å²) in [6.45, 7) is 4.16. The Hall–Kier alpha value is -3.75. The molecule has 9 heteroatoms. The summed E-state index contributed by atoms with van der Waals surface area (Å²) >= 11 is 9.52. The van der Waals surface area contributed by atoms with Crippen LogP contribution in [0.1, 0.15) is 49.7 Å². The first-order valence-electron chi connectivity index (χ1n) is 13.8. The summed E-state index contributed by atoms with van der Waals surface area (Å²) in [7, 11) is 0. The van der Waals surface area contributed by atoms with Gasteiger partial charge in [0.2, 0.25) is 0 Å². The quantitative estimate of drug-likeness (QED) is 0.187. The molecule has 0 saturated heterocycles. The minimum absolute atomic E-state index is 0.0270. The zero-order valence-electron chi connectivity index (χ0n) is 23.3. The lowest BCUT2D eigenvalue weighted by molar-refractivity contribution is -0.140. The van der Waals surface area contributed by atoms with Gasteiger partial charge in [-0.15, -0.1) is 0 Å². The molecular formula is C33H31BrClNO6. The summed E-state index contributed by atoms with van der Waals surface area (Å²) in [6.07, 6.45) is 0.865. The Morgan fingerprint density at radius 1 is 1.02 bits per heavy atom. The molecule has 0 bridgehead atoms. The first-order valence-corrected chi connectivity index (χ1v) is 14.9. The van der Waals surface area contributed by atoms with E-state index in [9.17, 15) is 14.7 Å². The van der Waals surface area contributed by atoms with E-state index in [0.29, 0.717) is 50.7 Å². The highest BCUT2D eigenvalue weighted by molar-refractivity contribution is 9.10. The van der Waals surface area contributed by atoms with Crippen LogP contribution in [-0.2, 0) is 14.3 Å². The smallest absolute Gasteiger partial charge is 0.336 e. The number of allylic oxidation sites excluding steroid dienone is 3. The Morgan fingerprint density at radius 3 is 2.48 bits per heavy atom. The Balaban J connectivity index is 1.48. The minimum Gasteiger partial charge on any atom is -0.503 e. The average Bonchev–Trinajstić information content (AvgIpc) is 2.97. The van der Waals surface area contributed by atoms with Gasteiger partial charge in [0.25, 0.3) is 0 Å². The molecule has 218 valence electrons. The van der Waals surface area contributed by atoms with Crippen molar-refractivity contribution in [1.82, 2.24) is 5.32 Å². The number of ketones is 1. The minimum atomic E-state index is -0.724. The average molecular weight is 653 g/mol. The number of para-hydroxylation sites is 1. The van der Waals surface area contributed by atoms with Gasteiger partial charge >= 0.3 is 5.97 Å². The monoisotopic (exact) mass is 651 g/mol. The number of ether oxygens (including phenoxy) is 3. The number of carbonyl (C=O) groups excluding carboxylic acids is 2. The van der Waals surface area contributed by atoms with Crippen molar-refractivity contribution in [2.45, 2.75) is 38.5 Å². The molecule has 0 amide bonds. The first-order chi connectivity index (χ1) is 20.3. The molecule has 0 fully saturated rings. The summed E-state index contributed by atoms with van der Waals surface area (Å²) in [5.74, 6) is -0.501. The lowest BCUT2D eigenvalue weighted by atomic mass is 9.71. The van der Waals surface area contributed by atoms with E-state index in [4.69, 9.17) is 25.8 Å². The predicted molar refractivity (Wildman–Crippen MR) is 164 cm³/mol. The molecule has 1 aliphatic carbocycles. The maximum atomic E-state index is 13.9. The highest BCUT2D eigenvalue weighted by atomic mass is 79.9. The van der Waals surface area contributed by atoms with Crippen LogP contribution in [0, 0.1) is 0 Å². The predicted octanol–water partition coefficient (Wildman–Crippen LogP) is 7.19. The number of dihydropyridines is 1. The van der Waals surface area contributed by atoms with E-state index in [0.717, 1.165) is 11.3 Å². The second-order valence-corrected chi connectivity index (χ2v) is 11.4. The van der Waals surface area contributed by atoms with E-state index in [1.807, 2.05) is 68.4 Å². The Morgan fingerprint density at radius 2 is 1.76 bits per heavy atom. The molecule has 3 aromatic carbocycles. The van der Waals surface area contributed by atoms with Crippen molar-refractivity contribution in [3.63, 3.8) is 0 Å². The second kappa shape index (κ2) is 13.0. The third-order valence-electron chi connectivity index (χ3n) is 7.40. The second-order valence-electron chi connectivity index (χ2n) is 10.1. The Bertz CT molecular complexity index is 1550. The number of aromatic hydroxyl groups is 1. The van der Waals surface area contributed by atoms with Crippen molar-refractivity contribution < 1.29 is 28.9 Å². The third kappa shape index (κ3) is 6.35. The van der Waals surface area contributed by atoms with Gasteiger partial charge in [0.1, 0.15) is 19.0 Å². The van der Waals surface area contributed by atoms with Gasteiger partial charge in [-0.05, 0) is 89.6 Å². The van der Waals surface area contributed by atoms with Gasteiger partial charge in [0.15, 0.2) is 17.3 Å². The van der Waals surface area contributed by atoms with Crippen molar-refractivity contribution in [2.24, 2.45) is 0 Å². The van der Waals surface area contributed by atoms with Gasteiger partial charge in [-0.1, -0.05) is 41.9 Å². The maximum absolute atomic E-state index is 13.9. The number of carbonyl (C=O) groups is 2. The van der Waals surface area contributed by atoms with Gasteiger partial charge in [0.05, 0.1) is 16.7 Å². The van der Waals surface area contributed by atoms with E-state index >= 15 is 0 Å². The van der Waals surface area contributed by atoms with E-state index in [1.165, 1.54) is 0 Å². The fourth-order valence-electron chi connectivity index (χ4n) is 5.53. The van der Waals surface area contributed by atoms with Gasteiger partial charge in [-0.25, -0.2) is 4.79 Å². The van der Waals surface area contributed by atoms with Crippen molar-refractivity contribution in [3.05, 3.63) is 110 Å². The lowest BCUT2D eigenvalue weighted by Gasteiger charge is -2.37. The molecular weight excluding hydrogens is 622 g/mol. The normalized spacial score (nSPS) is 18.3. The van der Waals surface area contributed by atoms with Crippen molar-refractivity contribution in [3.8, 4) is 17.2 Å². The van der Waals surface area contributed by atoms with Crippen molar-refractivity contribution >= 4 is 39.3 Å². The molecule has 2 atom stereocenters. The number of phenolic OH excluding ortho intramolecular Hbond substituents is 1. The van der Waals surface area contributed by atoms with Crippen LogP contribution in [0.15, 0.2) is 93.7 Å². The number of hydrogen-bond acceptors (Lipinski definition) is 7. The van der Waals surface area contributed by atoms with Crippen LogP contribution in [0.5, 0.6) is 17.2 Å². The summed E-state index contributed by atoms with van der Waals surface area (Å²) < 4.78 is 17.4. The van der Waals surface area contributed by atoms with E-state index in [-0.39, 0.29) is 42.8 Å². The number of Topliss-reactive ketones (excluding diaryl/α,β-unsaturated/α-hetero) is 1. The Labute approximate surface area is 258 Å². The molecule has 0 unspecified atom stereocenters. The van der Waals surface area contributed by atoms with Crippen LogP contribution in [0.4, 0.5) is 0 Å². The SMILES string of the molecule is CCOc1cc([C@H]2C(C(=O)OCCOc3ccccc3)=C(C)NC3=C2C(=O)C[C@@H](c2ccc(Cl)cc2)C3)cc(Br)c1O. The standard InChI is InChI=1S/C33H31BrClNO6/c1-3-40-28-18-22(15-25(34)32(28)38)30-29(33(39)42-14-13-41-24-7-5-4-6-8-24)19(2)36-26-16-21(17-27(37)31(26)30)20-9-11-23(35)12-10-20/h4-12,15,18,21,30,36,38H,3,13-14,16-17H2,1-2H3/t21-,30-/m0/s1. The summed E-state index contributed by atoms with van der Waals surface area (Å²) in [4.78, 5) is 27.6. The topological polar surface area (TPSA) is 94.1 Å². The molecule has 7 nitrogen and oxygen atoms in total. The molecule has 1 heterocycles. The van der Waals surface area contributed by atoms with Gasteiger partial charge < -0.3 is 24.6 Å². The zero-order chi connectivity index (χ0) is 29.8. The third-order valence-corrected chi connectivity index (χ3v) is 8.26. The molecule has 1 aliphatic heterocycles. The molecule has 2 aliphatic rings. The zero-order valence-corrected chi connectivity index (χ0v) is 25.6. The van der Waals surface area contributed by atoms with Crippen molar-refractivity contribution in [1.29, 1.82) is 0 Å². The Kier molecular flexibility index (Phi) is 9.24. The van der Waals surface area contributed by atoms with Crippen LogP contribution < -0.4 is 14.8 Å². The molecule has 0 spiro atoms. The molecule has 5 rings (SSSR count). The van der Waals surface area contributed by atoms with Gasteiger partial charge in [0, 0.05) is 34.3 Å². The number of benzene rings is 3. The van der Waals surface area contributed by atoms with Gasteiger partial charge in [-0.3, -0.25) is 4.79 Å². The number of phenols is 1. The highest BCUT2D eigenvalue weighted by Crippen LogP contribution is 2.48. The largest absolute Gasteiger partial charge is 0.503 e. The number of halogens is 2. The summed E-state index contributed by atoms with van der Waals surface area (Å²) in [5.41, 5.74) is 3.85. The number of rotatable bonds is 9. The molecule has 0 saturated carbocycles. The molecule has 2 N–H and O–H groups in total. The summed E-state index contributed by atoms with van der Waals surface area (Å²) in [6, 6.07) is 20.2. The van der Waals surface area contributed by atoms with E-state index in [1.54, 1.807) is 12.1 Å². The maximum Gasteiger partial charge on any atom is 0.336 e. The van der Waals surface area contributed by atoms with E-state index in [2.05, 4.69) is 21.2 Å². The summed E-state index contributed by atoms with van der Waals surface area (Å²) in [5, 5.41) is 14.6. The fourth-order valence-corrected chi connectivity index (χ4v) is 6.11. The molecule has 0 radical (unpaired) electrons. The van der Waals surface area contributed by atoms with E-state index < -0.39 is 11.9 Å². The number of nitrogens with one attached hydrogen (secondary N) is 1. The van der Waals surface area contributed by atoms with Crippen LogP contribution in [0.2, 0.25) is 5.02 Å².